The van der Waals surface area contributed by atoms with Gasteiger partial charge >= 0.3 is 0 Å². The van der Waals surface area contributed by atoms with E-state index in [-0.39, 0.29) is 11.4 Å². The highest BCUT2D eigenvalue weighted by molar-refractivity contribution is 5.75. The number of hydrogen-bond donors (Lipinski definition) is 2. The van der Waals surface area contributed by atoms with E-state index < -0.39 is 0 Å². The summed E-state index contributed by atoms with van der Waals surface area (Å²) in [6, 6.07) is 0. The molecule has 2 aliphatic rings. The number of amides is 1. The Balaban J connectivity index is 1.69. The fraction of sp³-hybridized carbons (Fsp3) is 0.947. The predicted molar refractivity (Wildman–Crippen MR) is 96.5 cm³/mol. The molecule has 4 heteroatoms. The van der Waals surface area contributed by atoms with Gasteiger partial charge in [-0.1, -0.05) is 13.3 Å². The Hall–Kier alpha value is -0.610. The Labute approximate surface area is 142 Å². The van der Waals surface area contributed by atoms with Gasteiger partial charge in [0, 0.05) is 25.0 Å². The molecule has 0 aromatic heterocycles. The molecule has 0 bridgehead atoms. The second kappa shape index (κ2) is 9.03. The first-order valence-electron chi connectivity index (χ1n) is 9.73. The normalized spacial score (nSPS) is 24.6. The minimum Gasteiger partial charge on any atom is -0.354 e. The molecule has 0 aliphatic carbocycles. The average molecular weight is 324 g/mol. The highest BCUT2D eigenvalue weighted by atomic mass is 16.1. The fourth-order valence-electron chi connectivity index (χ4n) is 3.97. The van der Waals surface area contributed by atoms with Crippen LogP contribution in [0.5, 0.6) is 0 Å². The maximum Gasteiger partial charge on any atom is 0.220 e. The SMILES string of the molecule is CCC1CCCN(C(C)(C)CNC(=O)CCC2CCNCC2)C1. The monoisotopic (exact) mass is 323 g/mol. The fourth-order valence-corrected chi connectivity index (χ4v) is 3.97. The quantitative estimate of drug-likeness (QED) is 0.757. The lowest BCUT2D eigenvalue weighted by molar-refractivity contribution is -0.122. The lowest BCUT2D eigenvalue weighted by Crippen LogP contribution is -2.54. The molecule has 0 aromatic rings. The molecule has 134 valence electrons. The second-order valence-electron chi connectivity index (χ2n) is 8.18. The van der Waals surface area contributed by atoms with E-state index in [1.54, 1.807) is 0 Å². The van der Waals surface area contributed by atoms with Crippen LogP contribution in [0.4, 0.5) is 0 Å². The van der Waals surface area contributed by atoms with Crippen LogP contribution in [0.3, 0.4) is 0 Å². The second-order valence-corrected chi connectivity index (χ2v) is 8.18. The van der Waals surface area contributed by atoms with Gasteiger partial charge in [-0.2, -0.15) is 0 Å². The van der Waals surface area contributed by atoms with E-state index in [4.69, 9.17) is 0 Å². The molecule has 1 amide bonds. The molecular weight excluding hydrogens is 286 g/mol. The average Bonchev–Trinajstić information content (AvgIpc) is 2.59. The molecule has 0 aromatic carbocycles. The molecule has 0 saturated carbocycles. The number of carbonyl (C=O) groups is 1. The summed E-state index contributed by atoms with van der Waals surface area (Å²) in [5.41, 5.74) is 0.0677. The van der Waals surface area contributed by atoms with Gasteiger partial charge in [0.2, 0.25) is 5.91 Å². The van der Waals surface area contributed by atoms with Gasteiger partial charge < -0.3 is 10.6 Å². The van der Waals surface area contributed by atoms with Crippen LogP contribution in [0.2, 0.25) is 0 Å². The minimum atomic E-state index is 0.0677. The maximum absolute atomic E-state index is 12.2. The first-order chi connectivity index (χ1) is 11.0. The van der Waals surface area contributed by atoms with E-state index >= 15 is 0 Å². The molecular formula is C19H37N3O. The van der Waals surface area contributed by atoms with Gasteiger partial charge in [-0.15, -0.1) is 0 Å². The van der Waals surface area contributed by atoms with Crippen molar-refractivity contribution in [1.82, 2.24) is 15.5 Å². The number of nitrogens with one attached hydrogen (secondary N) is 2. The maximum atomic E-state index is 12.2. The van der Waals surface area contributed by atoms with Crippen LogP contribution in [0.15, 0.2) is 0 Å². The van der Waals surface area contributed by atoms with E-state index in [2.05, 4.69) is 36.3 Å². The Morgan fingerprint density at radius 3 is 2.65 bits per heavy atom. The van der Waals surface area contributed by atoms with Gasteiger partial charge in [0.05, 0.1) is 0 Å². The van der Waals surface area contributed by atoms with Crippen molar-refractivity contribution in [2.75, 3.05) is 32.7 Å². The summed E-state index contributed by atoms with van der Waals surface area (Å²) in [7, 11) is 0. The zero-order valence-electron chi connectivity index (χ0n) is 15.5. The van der Waals surface area contributed by atoms with Crippen LogP contribution in [-0.2, 0) is 4.79 Å². The van der Waals surface area contributed by atoms with Gasteiger partial charge in [0.25, 0.3) is 0 Å². The predicted octanol–water partition coefficient (Wildman–Crippen LogP) is 2.78. The van der Waals surface area contributed by atoms with E-state index in [1.165, 1.54) is 45.2 Å². The Kier molecular flexibility index (Phi) is 7.35. The van der Waals surface area contributed by atoms with Crippen molar-refractivity contribution in [2.45, 2.75) is 71.3 Å². The summed E-state index contributed by atoms with van der Waals surface area (Å²) in [6.45, 7) is 12.2. The lowest BCUT2D eigenvalue weighted by Gasteiger charge is -2.43. The van der Waals surface area contributed by atoms with Gasteiger partial charge in [0.1, 0.15) is 0 Å². The highest BCUT2D eigenvalue weighted by Gasteiger charge is 2.31. The van der Waals surface area contributed by atoms with Crippen molar-refractivity contribution in [3.8, 4) is 0 Å². The van der Waals surface area contributed by atoms with E-state index in [0.717, 1.165) is 37.9 Å². The van der Waals surface area contributed by atoms with Crippen molar-refractivity contribution in [1.29, 1.82) is 0 Å². The molecule has 2 heterocycles. The van der Waals surface area contributed by atoms with Crippen LogP contribution in [-0.4, -0.2) is 49.1 Å². The van der Waals surface area contributed by atoms with Gasteiger partial charge in [0.15, 0.2) is 0 Å². The number of nitrogens with zero attached hydrogens (tertiary/aromatic N) is 1. The minimum absolute atomic E-state index is 0.0677. The van der Waals surface area contributed by atoms with Gasteiger partial charge in [-0.05, 0) is 77.4 Å². The van der Waals surface area contributed by atoms with Crippen molar-refractivity contribution < 1.29 is 4.79 Å². The third kappa shape index (κ3) is 6.07. The van der Waals surface area contributed by atoms with Crippen LogP contribution < -0.4 is 10.6 Å². The smallest absolute Gasteiger partial charge is 0.220 e. The molecule has 2 saturated heterocycles. The summed E-state index contributed by atoms with van der Waals surface area (Å²) in [5, 5.41) is 6.58. The van der Waals surface area contributed by atoms with Crippen LogP contribution in [0, 0.1) is 11.8 Å². The van der Waals surface area contributed by atoms with Crippen molar-refractivity contribution in [3.05, 3.63) is 0 Å². The Morgan fingerprint density at radius 2 is 1.96 bits per heavy atom. The van der Waals surface area contributed by atoms with Crippen LogP contribution >= 0.6 is 0 Å². The largest absolute Gasteiger partial charge is 0.354 e. The van der Waals surface area contributed by atoms with Crippen molar-refractivity contribution >= 4 is 5.91 Å². The number of piperidine rings is 2. The van der Waals surface area contributed by atoms with E-state index in [0.29, 0.717) is 6.42 Å². The topological polar surface area (TPSA) is 44.4 Å². The highest BCUT2D eigenvalue weighted by Crippen LogP contribution is 2.25. The molecule has 2 aliphatic heterocycles. The molecule has 2 N–H and O–H groups in total. The molecule has 1 unspecified atom stereocenters. The van der Waals surface area contributed by atoms with Crippen LogP contribution in [0.25, 0.3) is 0 Å². The third-order valence-corrected chi connectivity index (χ3v) is 5.91. The Morgan fingerprint density at radius 1 is 1.22 bits per heavy atom. The summed E-state index contributed by atoms with van der Waals surface area (Å²) in [5.74, 6) is 1.81. The summed E-state index contributed by atoms with van der Waals surface area (Å²) in [6.07, 6.45) is 8.14. The molecule has 4 nitrogen and oxygen atoms in total. The molecule has 0 radical (unpaired) electrons. The summed E-state index contributed by atoms with van der Waals surface area (Å²) < 4.78 is 0. The molecule has 2 fully saturated rings. The number of rotatable bonds is 7. The molecule has 1 atom stereocenters. The number of hydrogen-bond acceptors (Lipinski definition) is 3. The molecule has 0 spiro atoms. The zero-order valence-corrected chi connectivity index (χ0v) is 15.5. The van der Waals surface area contributed by atoms with E-state index in [1.807, 2.05) is 0 Å². The molecule has 23 heavy (non-hydrogen) atoms. The summed E-state index contributed by atoms with van der Waals surface area (Å²) in [4.78, 5) is 14.8. The first-order valence-corrected chi connectivity index (χ1v) is 9.73. The van der Waals surface area contributed by atoms with Crippen molar-refractivity contribution in [3.63, 3.8) is 0 Å². The standard InChI is InChI=1S/C19H37N3O/c1-4-16-6-5-13-22(14-16)19(2,3)15-21-18(23)8-7-17-9-11-20-12-10-17/h16-17,20H,4-15H2,1-3H3,(H,21,23). The van der Waals surface area contributed by atoms with Gasteiger partial charge in [-0.25, -0.2) is 0 Å². The van der Waals surface area contributed by atoms with Crippen LogP contribution in [0.1, 0.15) is 65.7 Å². The number of likely N-dealkylation sites (tertiary alicyclic amines) is 1. The van der Waals surface area contributed by atoms with Gasteiger partial charge in [-0.3, -0.25) is 9.69 Å². The van der Waals surface area contributed by atoms with Crippen molar-refractivity contribution in [2.24, 2.45) is 11.8 Å². The third-order valence-electron chi connectivity index (χ3n) is 5.91. The lowest BCUT2D eigenvalue weighted by atomic mass is 9.90. The van der Waals surface area contributed by atoms with E-state index in [9.17, 15) is 4.79 Å². The molecule has 2 rings (SSSR count). The zero-order chi connectivity index (χ0) is 16.7. The summed E-state index contributed by atoms with van der Waals surface area (Å²) >= 11 is 0. The number of carbonyl (C=O) groups excluding carboxylic acids is 1. The first kappa shape index (κ1) is 18.7. The Bertz CT molecular complexity index is 364.